The largest absolute Gasteiger partial charge is 0.321 e. The molecule has 6 heteroatoms. The molecule has 1 aliphatic heterocycles. The van der Waals surface area contributed by atoms with Gasteiger partial charge in [0.05, 0.1) is 21.8 Å². The third kappa shape index (κ3) is 2.54. The quantitative estimate of drug-likeness (QED) is 0.490. The van der Waals surface area contributed by atoms with Gasteiger partial charge in [-0.3, -0.25) is 10.1 Å². The van der Waals surface area contributed by atoms with E-state index in [2.05, 4.69) is 5.32 Å². The molecule has 0 bridgehead atoms. The Kier molecular flexibility index (Phi) is 2.95. The fraction of sp³-hybridized carbons (Fsp3) is 0.0909. The van der Waals surface area contributed by atoms with Gasteiger partial charge in [0, 0.05) is 10.6 Å². The smallest absolute Gasteiger partial charge is 0.306 e. The topological polar surface area (TPSA) is 75.2 Å². The van der Waals surface area contributed by atoms with Crippen LogP contribution in [0.3, 0.4) is 0 Å². The first-order chi connectivity index (χ1) is 8.16. The Hall–Kier alpha value is -2.50. The van der Waals surface area contributed by atoms with Crippen LogP contribution in [0, 0.1) is 15.0 Å². The summed E-state index contributed by atoms with van der Waals surface area (Å²) in [5.41, 5.74) is 0.637. The first-order valence-corrected chi connectivity index (χ1v) is 4.98. The third-order valence-electron chi connectivity index (χ3n) is 2.29. The number of anilines is 1. The zero-order chi connectivity index (χ0) is 12.3. The van der Waals surface area contributed by atoms with Crippen LogP contribution in [0.1, 0.15) is 0 Å². The Bertz CT molecular complexity index is 508. The molecule has 1 N–H and O–H groups in total. The van der Waals surface area contributed by atoms with Crippen LogP contribution in [0.15, 0.2) is 54.4 Å². The molecule has 0 amide bonds. The number of benzene rings is 1. The van der Waals surface area contributed by atoms with Crippen LogP contribution in [0.2, 0.25) is 0 Å². The van der Waals surface area contributed by atoms with Crippen molar-refractivity contribution in [2.24, 2.45) is 0 Å². The van der Waals surface area contributed by atoms with Gasteiger partial charge in [-0.15, -0.1) is 0 Å². The van der Waals surface area contributed by atoms with E-state index in [1.165, 1.54) is 12.2 Å². The highest BCUT2D eigenvalue weighted by atomic mass is 16.6. The van der Waals surface area contributed by atoms with Crippen molar-refractivity contribution in [2.45, 2.75) is 6.17 Å². The molecule has 0 saturated heterocycles. The highest BCUT2D eigenvalue weighted by Crippen LogP contribution is 2.14. The molecule has 1 aromatic rings. The van der Waals surface area contributed by atoms with Crippen molar-refractivity contribution in [3.05, 3.63) is 69.4 Å². The SMILES string of the molecule is O=[N+]([O-])C1=CC(Nc2ccccc2)[N+](=O)C=C1. The first-order valence-electron chi connectivity index (χ1n) is 4.98. The van der Waals surface area contributed by atoms with Crippen molar-refractivity contribution in [2.75, 3.05) is 5.32 Å². The number of nitroso groups, excluding NO2 is 1. The monoisotopic (exact) mass is 232 g/mol. The maximum Gasteiger partial charge on any atom is 0.306 e. The molecule has 17 heavy (non-hydrogen) atoms. The van der Waals surface area contributed by atoms with Gasteiger partial charge in [0.2, 0.25) is 6.20 Å². The molecule has 2 rings (SSSR count). The fourth-order valence-corrected chi connectivity index (χ4v) is 1.47. The van der Waals surface area contributed by atoms with E-state index in [0.29, 0.717) is 4.76 Å². The van der Waals surface area contributed by atoms with Gasteiger partial charge < -0.3 is 5.32 Å². The Morgan fingerprint density at radius 1 is 1.29 bits per heavy atom. The van der Waals surface area contributed by atoms with Crippen molar-refractivity contribution >= 4 is 5.69 Å². The summed E-state index contributed by atoms with van der Waals surface area (Å²) in [5, 5.41) is 13.5. The van der Waals surface area contributed by atoms with E-state index in [0.717, 1.165) is 11.9 Å². The van der Waals surface area contributed by atoms with Crippen LogP contribution in [0.4, 0.5) is 5.69 Å². The standard InChI is InChI=1S/C11H10N3O3/c15-13-7-6-10(14(16)17)8-11(13)12-9-4-2-1-3-5-9/h1-8,11-12H/q+1. The Balaban J connectivity index is 2.18. The number of para-hydroxylation sites is 1. The summed E-state index contributed by atoms with van der Waals surface area (Å²) < 4.78 is 0.625. The minimum atomic E-state index is -0.761. The summed E-state index contributed by atoms with van der Waals surface area (Å²) in [6.07, 6.45) is 2.83. The molecule has 86 valence electrons. The van der Waals surface area contributed by atoms with E-state index in [9.17, 15) is 15.0 Å². The average Bonchev–Trinajstić information content (AvgIpc) is 2.33. The third-order valence-corrected chi connectivity index (χ3v) is 2.29. The van der Waals surface area contributed by atoms with Gasteiger partial charge in [0.1, 0.15) is 0 Å². The van der Waals surface area contributed by atoms with E-state index in [4.69, 9.17) is 0 Å². The number of nitrogens with zero attached hydrogens (tertiary/aromatic N) is 2. The lowest BCUT2D eigenvalue weighted by molar-refractivity contribution is -0.509. The van der Waals surface area contributed by atoms with Crippen molar-refractivity contribution in [1.82, 2.24) is 0 Å². The normalized spacial score (nSPS) is 18.7. The molecule has 1 atom stereocenters. The van der Waals surface area contributed by atoms with Crippen LogP contribution in [0.5, 0.6) is 0 Å². The van der Waals surface area contributed by atoms with Gasteiger partial charge in [-0.05, 0) is 12.1 Å². The minimum absolute atomic E-state index is 0.0921. The van der Waals surface area contributed by atoms with E-state index < -0.39 is 11.1 Å². The number of nitrogens with one attached hydrogen (secondary N) is 1. The lowest BCUT2D eigenvalue weighted by Crippen LogP contribution is -2.29. The van der Waals surface area contributed by atoms with E-state index >= 15 is 0 Å². The predicted octanol–water partition coefficient (Wildman–Crippen LogP) is 1.89. The number of nitro groups is 1. The molecule has 0 spiro atoms. The Morgan fingerprint density at radius 3 is 2.65 bits per heavy atom. The van der Waals surface area contributed by atoms with E-state index in [-0.39, 0.29) is 5.70 Å². The summed E-state index contributed by atoms with van der Waals surface area (Å²) >= 11 is 0. The van der Waals surface area contributed by atoms with E-state index in [1.54, 1.807) is 12.1 Å². The Labute approximate surface area is 97.0 Å². The van der Waals surface area contributed by atoms with Crippen LogP contribution in [0.25, 0.3) is 0 Å². The Morgan fingerprint density at radius 2 is 2.00 bits per heavy atom. The van der Waals surface area contributed by atoms with Gasteiger partial charge in [-0.25, -0.2) is 0 Å². The molecule has 1 aromatic carbocycles. The summed E-state index contributed by atoms with van der Waals surface area (Å²) in [7, 11) is 0. The molecule has 0 fully saturated rings. The van der Waals surface area contributed by atoms with Crippen molar-refractivity contribution < 1.29 is 9.68 Å². The van der Waals surface area contributed by atoms with Gasteiger partial charge >= 0.3 is 6.17 Å². The zero-order valence-electron chi connectivity index (χ0n) is 8.82. The molecule has 0 radical (unpaired) electrons. The molecule has 1 heterocycles. The average molecular weight is 232 g/mol. The van der Waals surface area contributed by atoms with Crippen LogP contribution >= 0.6 is 0 Å². The molecule has 6 nitrogen and oxygen atoms in total. The predicted molar refractivity (Wildman–Crippen MR) is 61.7 cm³/mol. The maximum absolute atomic E-state index is 11.5. The van der Waals surface area contributed by atoms with E-state index in [1.807, 2.05) is 18.2 Å². The summed E-state index contributed by atoms with van der Waals surface area (Å²) in [4.78, 5) is 21.5. The summed E-state index contributed by atoms with van der Waals surface area (Å²) in [6, 6.07) is 9.04. The van der Waals surface area contributed by atoms with Gasteiger partial charge in [-0.2, -0.15) is 0 Å². The fourth-order valence-electron chi connectivity index (χ4n) is 1.47. The molecule has 1 aliphatic rings. The number of hydrogen-bond donors (Lipinski definition) is 1. The summed E-state index contributed by atoms with van der Waals surface area (Å²) in [6.45, 7) is 0. The molecule has 0 aliphatic carbocycles. The van der Waals surface area contributed by atoms with Gasteiger partial charge in [-0.1, -0.05) is 18.2 Å². The zero-order valence-corrected chi connectivity index (χ0v) is 8.82. The summed E-state index contributed by atoms with van der Waals surface area (Å²) in [5.74, 6) is 0. The lowest BCUT2D eigenvalue weighted by Gasteiger charge is -2.09. The molecule has 1 unspecified atom stereocenters. The molecule has 0 saturated carbocycles. The second kappa shape index (κ2) is 4.56. The number of allylic oxidation sites excluding steroid dienone is 1. The van der Waals surface area contributed by atoms with Crippen LogP contribution in [-0.4, -0.2) is 15.8 Å². The van der Waals surface area contributed by atoms with Crippen molar-refractivity contribution in [3.8, 4) is 0 Å². The van der Waals surface area contributed by atoms with Crippen LogP contribution < -0.4 is 5.32 Å². The minimum Gasteiger partial charge on any atom is -0.321 e. The first kappa shape index (κ1) is 11.0. The van der Waals surface area contributed by atoms with Gasteiger partial charge in [0.15, 0.2) is 0 Å². The highest BCUT2D eigenvalue weighted by molar-refractivity contribution is 5.44. The lowest BCUT2D eigenvalue weighted by atomic mass is 10.2. The maximum atomic E-state index is 11.5. The second-order valence-corrected chi connectivity index (χ2v) is 3.48. The van der Waals surface area contributed by atoms with Crippen LogP contribution in [-0.2, 0) is 0 Å². The highest BCUT2D eigenvalue weighted by Gasteiger charge is 2.29. The van der Waals surface area contributed by atoms with Gasteiger partial charge in [0.25, 0.3) is 5.70 Å². The van der Waals surface area contributed by atoms with Crippen molar-refractivity contribution in [3.63, 3.8) is 0 Å². The second-order valence-electron chi connectivity index (χ2n) is 3.48. The molecular weight excluding hydrogens is 222 g/mol. The number of rotatable bonds is 3. The number of hydrogen-bond acceptors (Lipinski definition) is 4. The molecular formula is C11H10N3O3+. The molecule has 0 aromatic heterocycles. The van der Waals surface area contributed by atoms with Crippen molar-refractivity contribution in [1.29, 1.82) is 0 Å².